The zero-order chi connectivity index (χ0) is 21.1. The Hall–Kier alpha value is -2.87. The number of hydrogen-bond acceptors (Lipinski definition) is 1. The van der Waals surface area contributed by atoms with Crippen molar-refractivity contribution in [2.75, 3.05) is 19.7 Å². The SMILES string of the molecule is CCO/C(=C/C=C/C=C/C(c1ccc(C)cc1)=[N+](CC)CC)c1ccc(C)cc1. The first kappa shape index (κ1) is 22.4. The summed E-state index contributed by atoms with van der Waals surface area (Å²) in [6, 6.07) is 17.1. The van der Waals surface area contributed by atoms with Crippen LogP contribution in [-0.4, -0.2) is 30.0 Å². The van der Waals surface area contributed by atoms with E-state index >= 15 is 0 Å². The maximum Gasteiger partial charge on any atom is 0.207 e. The summed E-state index contributed by atoms with van der Waals surface area (Å²) in [5.74, 6) is 0.892. The van der Waals surface area contributed by atoms with Crippen LogP contribution in [0, 0.1) is 13.8 Å². The van der Waals surface area contributed by atoms with E-state index in [9.17, 15) is 0 Å². The van der Waals surface area contributed by atoms with Gasteiger partial charge in [0, 0.05) is 17.2 Å². The minimum atomic E-state index is 0.650. The molecule has 0 spiro atoms. The summed E-state index contributed by atoms with van der Waals surface area (Å²) in [4.78, 5) is 0. The number of aryl methyl sites for hydroxylation is 2. The molecule has 29 heavy (non-hydrogen) atoms. The van der Waals surface area contributed by atoms with Gasteiger partial charge in [0.2, 0.25) is 5.71 Å². The molecule has 0 radical (unpaired) electrons. The molecule has 2 heteroatoms. The lowest BCUT2D eigenvalue weighted by Gasteiger charge is -2.08. The van der Waals surface area contributed by atoms with Gasteiger partial charge in [0.05, 0.1) is 6.61 Å². The number of nitrogens with zero attached hydrogens (tertiary/aromatic N) is 1. The molecular weight excluding hydrogens is 354 g/mol. The van der Waals surface area contributed by atoms with Crippen LogP contribution >= 0.6 is 0 Å². The van der Waals surface area contributed by atoms with E-state index in [1.165, 1.54) is 22.4 Å². The van der Waals surface area contributed by atoms with E-state index in [4.69, 9.17) is 4.74 Å². The van der Waals surface area contributed by atoms with Crippen LogP contribution in [0.25, 0.3) is 5.76 Å². The van der Waals surface area contributed by atoms with Crippen molar-refractivity contribution in [3.8, 4) is 0 Å². The van der Waals surface area contributed by atoms with E-state index < -0.39 is 0 Å². The standard InChI is InChI=1S/C27H34NO/c1-6-28(7-2)26(24-18-14-22(4)15-19-24)12-10-9-11-13-27(29-8-3)25-20-16-23(5)17-21-25/h9-21H,6-8H2,1-5H3/q+1/b11-9+,12-10+,27-13+. The van der Waals surface area contributed by atoms with Crippen LogP contribution in [0.1, 0.15) is 43.0 Å². The first-order valence-electron chi connectivity index (χ1n) is 10.5. The number of rotatable bonds is 9. The fraction of sp³-hybridized carbons (Fsp3) is 0.296. The van der Waals surface area contributed by atoms with Crippen molar-refractivity contribution in [2.24, 2.45) is 0 Å². The third-order valence-electron chi connectivity index (χ3n) is 4.81. The first-order chi connectivity index (χ1) is 14.1. The van der Waals surface area contributed by atoms with Crippen LogP contribution in [0.2, 0.25) is 0 Å². The molecule has 2 rings (SSSR count). The van der Waals surface area contributed by atoms with Crippen LogP contribution in [0.3, 0.4) is 0 Å². The maximum absolute atomic E-state index is 5.82. The quantitative estimate of drug-likeness (QED) is 0.211. The summed E-state index contributed by atoms with van der Waals surface area (Å²) in [6.45, 7) is 13.2. The molecule has 0 saturated heterocycles. The Bertz CT molecular complexity index is 875. The van der Waals surface area contributed by atoms with Gasteiger partial charge < -0.3 is 4.74 Å². The summed E-state index contributed by atoms with van der Waals surface area (Å²) in [7, 11) is 0. The van der Waals surface area contributed by atoms with Gasteiger partial charge in [-0.1, -0.05) is 65.8 Å². The van der Waals surface area contributed by atoms with Crippen molar-refractivity contribution < 1.29 is 9.31 Å². The van der Waals surface area contributed by atoms with E-state index in [1.54, 1.807) is 0 Å². The molecule has 0 aliphatic heterocycles. The van der Waals surface area contributed by atoms with Gasteiger partial charge in [0.1, 0.15) is 18.8 Å². The fourth-order valence-corrected chi connectivity index (χ4v) is 3.13. The molecule has 2 aromatic rings. The lowest BCUT2D eigenvalue weighted by molar-refractivity contribution is -0.519. The third-order valence-corrected chi connectivity index (χ3v) is 4.81. The second-order valence-electron chi connectivity index (χ2n) is 7.00. The molecule has 0 amide bonds. The number of allylic oxidation sites excluding steroid dienone is 5. The van der Waals surface area contributed by atoms with Gasteiger partial charge in [-0.25, -0.2) is 4.58 Å². The van der Waals surface area contributed by atoms with Crippen molar-refractivity contribution in [3.63, 3.8) is 0 Å². The summed E-state index contributed by atoms with van der Waals surface area (Å²) in [6.07, 6.45) is 10.4. The van der Waals surface area contributed by atoms with Gasteiger partial charge >= 0.3 is 0 Å². The van der Waals surface area contributed by atoms with Crippen molar-refractivity contribution in [2.45, 2.75) is 34.6 Å². The topological polar surface area (TPSA) is 12.2 Å². The molecule has 0 heterocycles. The fourth-order valence-electron chi connectivity index (χ4n) is 3.13. The average Bonchev–Trinajstić information content (AvgIpc) is 2.73. The zero-order valence-electron chi connectivity index (χ0n) is 18.5. The largest absolute Gasteiger partial charge is 0.493 e. The van der Waals surface area contributed by atoms with E-state index in [0.29, 0.717) is 6.61 Å². The molecule has 0 fully saturated rings. The van der Waals surface area contributed by atoms with Crippen LogP contribution in [-0.2, 0) is 4.74 Å². The highest BCUT2D eigenvalue weighted by molar-refractivity contribution is 6.05. The highest BCUT2D eigenvalue weighted by Crippen LogP contribution is 2.16. The Morgan fingerprint density at radius 2 is 1.31 bits per heavy atom. The Kier molecular flexibility index (Phi) is 9.17. The number of hydrogen-bond donors (Lipinski definition) is 0. The van der Waals surface area contributed by atoms with Crippen molar-refractivity contribution in [1.82, 2.24) is 0 Å². The van der Waals surface area contributed by atoms with Crippen molar-refractivity contribution in [1.29, 1.82) is 0 Å². The second kappa shape index (κ2) is 11.9. The molecule has 0 aliphatic carbocycles. The van der Waals surface area contributed by atoms with Gasteiger partial charge in [-0.3, -0.25) is 0 Å². The van der Waals surface area contributed by atoms with Crippen LogP contribution < -0.4 is 0 Å². The van der Waals surface area contributed by atoms with E-state index in [-0.39, 0.29) is 0 Å². The molecule has 0 aromatic heterocycles. The van der Waals surface area contributed by atoms with Crippen LogP contribution in [0.4, 0.5) is 0 Å². The monoisotopic (exact) mass is 388 g/mol. The molecule has 0 bridgehead atoms. The molecular formula is C27H34NO+. The van der Waals surface area contributed by atoms with Gasteiger partial charge in [0.15, 0.2) is 0 Å². The molecule has 0 N–H and O–H groups in total. The molecule has 0 unspecified atom stereocenters. The van der Waals surface area contributed by atoms with Gasteiger partial charge in [0.25, 0.3) is 0 Å². The Balaban J connectivity index is 2.23. The van der Waals surface area contributed by atoms with E-state index in [1.807, 2.05) is 19.1 Å². The Labute approximate surface area is 176 Å². The minimum Gasteiger partial charge on any atom is -0.493 e. The summed E-state index contributed by atoms with van der Waals surface area (Å²) in [5, 5.41) is 0. The lowest BCUT2D eigenvalue weighted by atomic mass is 10.1. The number of ether oxygens (including phenoxy) is 1. The molecule has 0 atom stereocenters. The average molecular weight is 389 g/mol. The van der Waals surface area contributed by atoms with Crippen molar-refractivity contribution in [3.05, 3.63) is 101 Å². The van der Waals surface area contributed by atoms with Gasteiger partial charge in [-0.05, 0) is 52.8 Å². The number of benzene rings is 2. The van der Waals surface area contributed by atoms with Crippen molar-refractivity contribution >= 4 is 11.5 Å². The minimum absolute atomic E-state index is 0.650. The predicted octanol–water partition coefficient (Wildman–Crippen LogP) is 6.33. The predicted molar refractivity (Wildman–Crippen MR) is 126 cm³/mol. The highest BCUT2D eigenvalue weighted by atomic mass is 16.5. The molecule has 2 aromatic carbocycles. The lowest BCUT2D eigenvalue weighted by Crippen LogP contribution is -2.20. The highest BCUT2D eigenvalue weighted by Gasteiger charge is 2.10. The van der Waals surface area contributed by atoms with E-state index in [0.717, 1.165) is 24.4 Å². The van der Waals surface area contributed by atoms with Crippen LogP contribution in [0.5, 0.6) is 0 Å². The summed E-state index contributed by atoms with van der Waals surface area (Å²) in [5.41, 5.74) is 6.11. The second-order valence-corrected chi connectivity index (χ2v) is 7.00. The molecule has 0 aliphatic rings. The summed E-state index contributed by atoms with van der Waals surface area (Å²) >= 11 is 0. The van der Waals surface area contributed by atoms with Gasteiger partial charge in [-0.2, -0.15) is 0 Å². The Morgan fingerprint density at radius 1 is 0.759 bits per heavy atom. The first-order valence-corrected chi connectivity index (χ1v) is 10.5. The normalized spacial score (nSPS) is 12.0. The summed E-state index contributed by atoms with van der Waals surface area (Å²) < 4.78 is 8.20. The third kappa shape index (κ3) is 6.90. The zero-order valence-corrected chi connectivity index (χ0v) is 18.5. The maximum atomic E-state index is 5.82. The Morgan fingerprint density at radius 3 is 1.83 bits per heavy atom. The molecule has 152 valence electrons. The van der Waals surface area contributed by atoms with Gasteiger partial charge in [-0.15, -0.1) is 0 Å². The molecule has 0 saturated carbocycles. The molecule has 2 nitrogen and oxygen atoms in total. The van der Waals surface area contributed by atoms with Crippen LogP contribution in [0.15, 0.2) is 78.9 Å². The smallest absolute Gasteiger partial charge is 0.207 e. The van der Waals surface area contributed by atoms with E-state index in [2.05, 4.69) is 99.0 Å².